The summed E-state index contributed by atoms with van der Waals surface area (Å²) in [4.78, 5) is 10.8. The maximum absolute atomic E-state index is 12.7. The van der Waals surface area contributed by atoms with Crippen molar-refractivity contribution in [2.24, 2.45) is 0 Å². The Balaban J connectivity index is 1.31. The molecule has 0 aliphatic rings. The van der Waals surface area contributed by atoms with Crippen molar-refractivity contribution in [3.63, 3.8) is 0 Å². The van der Waals surface area contributed by atoms with Gasteiger partial charge in [0.15, 0.2) is 0 Å². The highest BCUT2D eigenvalue weighted by molar-refractivity contribution is 5.98. The molecule has 0 spiro atoms. The van der Waals surface area contributed by atoms with Crippen molar-refractivity contribution >= 4 is 11.0 Å². The molecule has 0 aliphatic heterocycles. The first-order valence-electron chi connectivity index (χ1n) is 25.7. The van der Waals surface area contributed by atoms with E-state index in [0.717, 1.165) is 72.5 Å². The van der Waals surface area contributed by atoms with Crippen LogP contribution in [0.15, 0.2) is 164 Å². The SMILES string of the molecule is CC(C)(C)c1ccc(-c2ccc(C(C)(C)C)cc2-n2c(-c3cc(C(C)(C)C)cc(C(C)(C)C)c3O)nc3c(-c4cc(-c5cc(-c6ccc(-c7ccccc7)cc6)ccn5)cc(C(C)(C)C)c4)cccc32)cc1. The van der Waals surface area contributed by atoms with Crippen molar-refractivity contribution in [1.29, 1.82) is 0 Å². The number of pyridine rings is 1. The van der Waals surface area contributed by atoms with Crippen LogP contribution in [0.4, 0.5) is 0 Å². The van der Waals surface area contributed by atoms with Crippen LogP contribution < -0.4 is 0 Å². The van der Waals surface area contributed by atoms with Gasteiger partial charge < -0.3 is 5.11 Å². The molecule has 9 aromatic rings. The van der Waals surface area contributed by atoms with E-state index in [1.807, 2.05) is 6.20 Å². The molecule has 366 valence electrons. The molecule has 0 unspecified atom stereocenters. The van der Waals surface area contributed by atoms with E-state index < -0.39 is 0 Å². The van der Waals surface area contributed by atoms with Crippen LogP contribution in [0.2, 0.25) is 0 Å². The Labute approximate surface area is 429 Å². The van der Waals surface area contributed by atoms with Crippen LogP contribution in [0.25, 0.3) is 83.9 Å². The molecule has 2 aromatic heterocycles. The largest absolute Gasteiger partial charge is 0.507 e. The predicted octanol–water partition coefficient (Wildman–Crippen LogP) is 18.6. The Hall–Kier alpha value is -7.04. The van der Waals surface area contributed by atoms with Crippen molar-refractivity contribution in [1.82, 2.24) is 14.5 Å². The Morgan fingerprint density at radius 3 is 1.54 bits per heavy atom. The highest BCUT2D eigenvalue weighted by atomic mass is 16.3. The number of rotatable bonds is 7. The molecule has 0 bridgehead atoms. The predicted molar refractivity (Wildman–Crippen MR) is 307 cm³/mol. The van der Waals surface area contributed by atoms with Crippen LogP contribution in [-0.2, 0) is 27.1 Å². The summed E-state index contributed by atoms with van der Waals surface area (Å²) in [6.45, 7) is 33.7. The molecule has 1 N–H and O–H groups in total. The van der Waals surface area contributed by atoms with Crippen molar-refractivity contribution in [2.45, 2.75) is 131 Å². The normalized spacial score (nSPS) is 12.7. The molecule has 2 heterocycles. The molecule has 0 aliphatic carbocycles. The highest BCUT2D eigenvalue weighted by Crippen LogP contribution is 2.47. The van der Waals surface area contributed by atoms with Gasteiger partial charge in [-0.05, 0) is 125 Å². The summed E-state index contributed by atoms with van der Waals surface area (Å²) in [5, 5.41) is 12.7. The fourth-order valence-corrected chi connectivity index (χ4v) is 9.76. The molecule has 7 aromatic carbocycles. The Bertz CT molecular complexity index is 3450. The third kappa shape index (κ3) is 9.94. The first kappa shape index (κ1) is 49.9. The number of fused-ring (bicyclic) bond motifs is 1. The maximum Gasteiger partial charge on any atom is 0.149 e. The smallest absolute Gasteiger partial charge is 0.149 e. The minimum atomic E-state index is -0.338. The van der Waals surface area contributed by atoms with Gasteiger partial charge in [0.1, 0.15) is 11.6 Å². The number of hydrogen-bond acceptors (Lipinski definition) is 3. The van der Waals surface area contributed by atoms with Crippen molar-refractivity contribution in [3.8, 4) is 78.6 Å². The number of phenols is 1. The molecule has 4 heteroatoms. The second kappa shape index (κ2) is 18.2. The average Bonchev–Trinajstić information content (AvgIpc) is 3.72. The lowest BCUT2D eigenvalue weighted by molar-refractivity contribution is 0.446. The number of imidazole rings is 1. The number of nitrogens with zero attached hydrogens (tertiary/aromatic N) is 3. The van der Waals surface area contributed by atoms with Crippen LogP contribution >= 0.6 is 0 Å². The fourth-order valence-electron chi connectivity index (χ4n) is 9.76. The lowest BCUT2D eigenvalue weighted by Crippen LogP contribution is -2.17. The fraction of sp³-hybridized carbons (Fsp3) is 0.294. The minimum absolute atomic E-state index is 0.0139. The summed E-state index contributed by atoms with van der Waals surface area (Å²) in [5.41, 5.74) is 19.3. The highest BCUT2D eigenvalue weighted by Gasteiger charge is 2.30. The van der Waals surface area contributed by atoms with Gasteiger partial charge in [-0.15, -0.1) is 0 Å². The van der Waals surface area contributed by atoms with E-state index in [0.29, 0.717) is 11.4 Å². The number of benzene rings is 7. The number of phenolic OH excluding ortho intramolecular Hbond substituents is 1. The summed E-state index contributed by atoms with van der Waals surface area (Å²) < 4.78 is 2.33. The molecule has 4 nitrogen and oxygen atoms in total. The standard InChI is InChI=1S/C68H73N3O/c1-64(2,3)50-30-28-46(29-31-50)54-33-32-51(65(4,5)6)42-60(54)71-59-23-19-22-55(61(59)70-63(71)56-40-53(67(10,11)12)41-57(62(56)72)68(13,14)15)48-36-49(38-52(37-48)66(7,8)9)58-39-47(34-35-69-58)45-26-24-44(25-27-45)43-20-17-16-18-21-43/h16-42,72H,1-15H3. The van der Waals surface area contributed by atoms with Crippen LogP contribution in [0.1, 0.15) is 132 Å². The monoisotopic (exact) mass is 948 g/mol. The second-order valence-electron chi connectivity index (χ2n) is 25.1. The molecule has 0 amide bonds. The molecule has 0 fully saturated rings. The summed E-state index contributed by atoms with van der Waals surface area (Å²) in [7, 11) is 0. The van der Waals surface area contributed by atoms with Gasteiger partial charge in [-0.1, -0.05) is 219 Å². The zero-order chi connectivity index (χ0) is 51.7. The zero-order valence-corrected chi connectivity index (χ0v) is 45.4. The topological polar surface area (TPSA) is 50.9 Å². The van der Waals surface area contributed by atoms with Gasteiger partial charge in [0.05, 0.1) is 28.0 Å². The van der Waals surface area contributed by atoms with E-state index in [-0.39, 0.29) is 32.8 Å². The molecule has 0 saturated carbocycles. The van der Waals surface area contributed by atoms with E-state index >= 15 is 0 Å². The van der Waals surface area contributed by atoms with Crippen LogP contribution in [0.5, 0.6) is 5.75 Å². The van der Waals surface area contributed by atoms with Gasteiger partial charge in [-0.25, -0.2) is 4.98 Å². The van der Waals surface area contributed by atoms with Gasteiger partial charge in [-0.3, -0.25) is 9.55 Å². The molecule has 0 radical (unpaired) electrons. The summed E-state index contributed by atoms with van der Waals surface area (Å²) in [5.74, 6) is 0.958. The minimum Gasteiger partial charge on any atom is -0.507 e. The lowest BCUT2D eigenvalue weighted by atomic mass is 9.79. The van der Waals surface area contributed by atoms with Gasteiger partial charge in [0.2, 0.25) is 0 Å². The Kier molecular flexibility index (Phi) is 12.6. The van der Waals surface area contributed by atoms with E-state index in [9.17, 15) is 5.11 Å². The number of aromatic nitrogens is 3. The Morgan fingerprint density at radius 1 is 0.375 bits per heavy atom. The van der Waals surface area contributed by atoms with Crippen molar-refractivity contribution < 1.29 is 5.11 Å². The lowest BCUT2D eigenvalue weighted by Gasteiger charge is -2.28. The van der Waals surface area contributed by atoms with Crippen molar-refractivity contribution in [2.75, 3.05) is 0 Å². The molecule has 9 rings (SSSR count). The van der Waals surface area contributed by atoms with Crippen LogP contribution in [-0.4, -0.2) is 19.6 Å². The van der Waals surface area contributed by atoms with E-state index in [1.54, 1.807) is 0 Å². The summed E-state index contributed by atoms with van der Waals surface area (Å²) in [6, 6.07) is 57.5. The Morgan fingerprint density at radius 2 is 0.931 bits per heavy atom. The van der Waals surface area contributed by atoms with Gasteiger partial charge >= 0.3 is 0 Å². The maximum atomic E-state index is 12.7. The third-order valence-corrected chi connectivity index (χ3v) is 14.4. The average molecular weight is 948 g/mol. The molecular formula is C68H73N3O. The number of hydrogen-bond donors (Lipinski definition) is 1. The number of aromatic hydroxyl groups is 1. The third-order valence-electron chi connectivity index (χ3n) is 14.4. The zero-order valence-electron chi connectivity index (χ0n) is 45.4. The molecule has 72 heavy (non-hydrogen) atoms. The van der Waals surface area contributed by atoms with Gasteiger partial charge in [0, 0.05) is 28.5 Å². The van der Waals surface area contributed by atoms with E-state index in [4.69, 9.17) is 9.97 Å². The molecule has 0 atom stereocenters. The van der Waals surface area contributed by atoms with Gasteiger partial charge in [-0.2, -0.15) is 0 Å². The summed E-state index contributed by atoms with van der Waals surface area (Å²) in [6.07, 6.45) is 1.93. The molecule has 0 saturated heterocycles. The number of para-hydroxylation sites is 1. The van der Waals surface area contributed by atoms with Crippen LogP contribution in [0.3, 0.4) is 0 Å². The van der Waals surface area contributed by atoms with E-state index in [1.165, 1.54) is 27.8 Å². The van der Waals surface area contributed by atoms with Gasteiger partial charge in [0.25, 0.3) is 0 Å². The first-order valence-corrected chi connectivity index (χ1v) is 25.7. The van der Waals surface area contributed by atoms with Crippen LogP contribution in [0, 0.1) is 0 Å². The molecular weight excluding hydrogens is 875 g/mol. The summed E-state index contributed by atoms with van der Waals surface area (Å²) >= 11 is 0. The van der Waals surface area contributed by atoms with E-state index in [2.05, 4.69) is 266 Å². The first-order chi connectivity index (χ1) is 33.8. The quantitative estimate of drug-likeness (QED) is 0.173. The van der Waals surface area contributed by atoms with Crippen molar-refractivity contribution in [3.05, 3.63) is 192 Å². The second-order valence-corrected chi connectivity index (χ2v) is 25.1.